The molecule has 0 saturated carbocycles. The Balaban J connectivity index is 1.90. The third-order valence-electron chi connectivity index (χ3n) is 2.42. The molecule has 0 radical (unpaired) electrons. The molecule has 0 amide bonds. The normalized spacial score (nSPS) is 10.8. The standard InChI is InChI=1S/C12H12ClNO3S/c1-7-11(12(15)16)3-9(17-7)4-14-5-10-2-8(13)6-18-10/h2-3,6,14H,4-5H2,1H3,(H,15,16). The molecule has 0 saturated heterocycles. The summed E-state index contributed by atoms with van der Waals surface area (Å²) in [5.41, 5.74) is 0.214. The van der Waals surface area contributed by atoms with Gasteiger partial charge in [0.15, 0.2) is 0 Å². The number of aryl methyl sites for hydroxylation is 1. The molecule has 0 bridgehead atoms. The monoisotopic (exact) mass is 285 g/mol. The van der Waals surface area contributed by atoms with Crippen LogP contribution in [0.4, 0.5) is 0 Å². The van der Waals surface area contributed by atoms with E-state index in [0.717, 1.165) is 9.90 Å². The van der Waals surface area contributed by atoms with Gasteiger partial charge < -0.3 is 14.8 Å². The van der Waals surface area contributed by atoms with Crippen LogP contribution in [0.15, 0.2) is 21.9 Å². The van der Waals surface area contributed by atoms with Crippen molar-refractivity contribution < 1.29 is 14.3 Å². The van der Waals surface area contributed by atoms with Gasteiger partial charge in [0.25, 0.3) is 0 Å². The second kappa shape index (κ2) is 5.56. The van der Waals surface area contributed by atoms with Crippen LogP contribution in [-0.4, -0.2) is 11.1 Å². The minimum atomic E-state index is -0.965. The fourth-order valence-electron chi connectivity index (χ4n) is 1.60. The molecule has 2 rings (SSSR count). The van der Waals surface area contributed by atoms with Gasteiger partial charge in [-0.15, -0.1) is 11.3 Å². The number of rotatable bonds is 5. The van der Waals surface area contributed by atoms with E-state index in [1.54, 1.807) is 24.3 Å². The smallest absolute Gasteiger partial charge is 0.339 e. The second-order valence-electron chi connectivity index (χ2n) is 3.82. The van der Waals surface area contributed by atoms with Gasteiger partial charge in [-0.1, -0.05) is 11.6 Å². The third kappa shape index (κ3) is 3.13. The Morgan fingerprint density at radius 1 is 1.50 bits per heavy atom. The first-order chi connectivity index (χ1) is 8.56. The number of furan rings is 1. The lowest BCUT2D eigenvalue weighted by molar-refractivity contribution is 0.0695. The molecule has 6 heteroatoms. The minimum absolute atomic E-state index is 0.214. The van der Waals surface area contributed by atoms with Crippen molar-refractivity contribution in [3.05, 3.63) is 44.5 Å². The number of halogens is 1. The third-order valence-corrected chi connectivity index (χ3v) is 3.70. The Labute approximate surface area is 113 Å². The minimum Gasteiger partial charge on any atom is -0.478 e. The van der Waals surface area contributed by atoms with E-state index in [4.69, 9.17) is 21.1 Å². The Hall–Kier alpha value is -1.30. The summed E-state index contributed by atoms with van der Waals surface area (Å²) in [4.78, 5) is 12.0. The van der Waals surface area contributed by atoms with Crippen molar-refractivity contribution in [2.24, 2.45) is 0 Å². The van der Waals surface area contributed by atoms with E-state index in [2.05, 4.69) is 5.32 Å². The lowest BCUT2D eigenvalue weighted by Gasteiger charge is -1.99. The predicted octanol–water partition coefficient (Wildman–Crippen LogP) is 3.29. The fourth-order valence-corrected chi connectivity index (χ4v) is 2.64. The van der Waals surface area contributed by atoms with Crippen LogP contribution in [0.2, 0.25) is 5.02 Å². The Kier molecular flexibility index (Phi) is 4.06. The van der Waals surface area contributed by atoms with Gasteiger partial charge in [0, 0.05) is 16.8 Å². The number of thiophene rings is 1. The lowest BCUT2D eigenvalue weighted by Crippen LogP contribution is -2.11. The van der Waals surface area contributed by atoms with Crippen LogP contribution < -0.4 is 5.32 Å². The summed E-state index contributed by atoms with van der Waals surface area (Å²) in [6.45, 7) is 2.81. The highest BCUT2D eigenvalue weighted by Gasteiger charge is 2.13. The SMILES string of the molecule is Cc1oc(CNCc2cc(Cl)cs2)cc1C(=O)O. The maximum Gasteiger partial charge on any atom is 0.339 e. The first kappa shape index (κ1) is 13.1. The average Bonchev–Trinajstić information content (AvgIpc) is 2.85. The number of carbonyl (C=O) groups is 1. The molecule has 2 heterocycles. The molecule has 18 heavy (non-hydrogen) atoms. The number of hydrogen-bond donors (Lipinski definition) is 2. The van der Waals surface area contributed by atoms with Crippen molar-refractivity contribution >= 4 is 28.9 Å². The van der Waals surface area contributed by atoms with Gasteiger partial charge in [0.2, 0.25) is 0 Å². The molecular formula is C12H12ClNO3S. The van der Waals surface area contributed by atoms with E-state index in [1.807, 2.05) is 11.4 Å². The van der Waals surface area contributed by atoms with Crippen LogP contribution in [0, 0.1) is 6.92 Å². The van der Waals surface area contributed by atoms with E-state index in [0.29, 0.717) is 24.6 Å². The summed E-state index contributed by atoms with van der Waals surface area (Å²) in [6.07, 6.45) is 0. The van der Waals surface area contributed by atoms with Crippen LogP contribution in [0.5, 0.6) is 0 Å². The maximum absolute atomic E-state index is 10.8. The summed E-state index contributed by atoms with van der Waals surface area (Å²) in [7, 11) is 0. The average molecular weight is 286 g/mol. The van der Waals surface area contributed by atoms with Gasteiger partial charge in [-0.2, -0.15) is 0 Å². The molecule has 0 unspecified atom stereocenters. The van der Waals surface area contributed by atoms with Crippen molar-refractivity contribution in [2.45, 2.75) is 20.0 Å². The molecule has 0 aliphatic carbocycles. The quantitative estimate of drug-likeness (QED) is 0.885. The molecule has 0 aliphatic heterocycles. The van der Waals surface area contributed by atoms with Crippen LogP contribution in [0.25, 0.3) is 0 Å². The number of hydrogen-bond acceptors (Lipinski definition) is 4. The predicted molar refractivity (Wildman–Crippen MR) is 70.3 cm³/mol. The number of aromatic carboxylic acids is 1. The van der Waals surface area contributed by atoms with Gasteiger partial charge in [-0.25, -0.2) is 4.79 Å². The molecule has 4 nitrogen and oxygen atoms in total. The van der Waals surface area contributed by atoms with Crippen LogP contribution in [-0.2, 0) is 13.1 Å². The number of carboxylic acid groups (broad SMARTS) is 1. The fraction of sp³-hybridized carbons (Fsp3) is 0.250. The first-order valence-corrected chi connectivity index (χ1v) is 6.58. The zero-order chi connectivity index (χ0) is 13.1. The van der Waals surface area contributed by atoms with Gasteiger partial charge in [-0.05, 0) is 19.1 Å². The Morgan fingerprint density at radius 2 is 2.28 bits per heavy atom. The van der Waals surface area contributed by atoms with E-state index >= 15 is 0 Å². The van der Waals surface area contributed by atoms with E-state index in [-0.39, 0.29) is 5.56 Å². The lowest BCUT2D eigenvalue weighted by atomic mass is 10.2. The van der Waals surface area contributed by atoms with Crippen molar-refractivity contribution in [1.82, 2.24) is 5.32 Å². The summed E-state index contributed by atoms with van der Waals surface area (Å²) < 4.78 is 5.35. The van der Waals surface area contributed by atoms with E-state index in [1.165, 1.54) is 0 Å². The zero-order valence-corrected chi connectivity index (χ0v) is 11.3. The van der Waals surface area contributed by atoms with Crippen molar-refractivity contribution in [3.8, 4) is 0 Å². The van der Waals surface area contributed by atoms with Crippen molar-refractivity contribution in [3.63, 3.8) is 0 Å². The second-order valence-corrected chi connectivity index (χ2v) is 5.25. The molecule has 0 aromatic carbocycles. The molecule has 2 aromatic heterocycles. The molecule has 0 spiro atoms. The van der Waals surface area contributed by atoms with Crippen LogP contribution in [0.3, 0.4) is 0 Å². The first-order valence-electron chi connectivity index (χ1n) is 5.32. The van der Waals surface area contributed by atoms with Gasteiger partial charge in [-0.3, -0.25) is 0 Å². The topological polar surface area (TPSA) is 62.5 Å². The molecule has 0 aliphatic rings. The molecule has 2 N–H and O–H groups in total. The number of carboxylic acids is 1. The molecule has 0 fully saturated rings. The summed E-state index contributed by atoms with van der Waals surface area (Å²) >= 11 is 7.39. The molecule has 0 atom stereocenters. The van der Waals surface area contributed by atoms with Crippen molar-refractivity contribution in [2.75, 3.05) is 0 Å². The highest BCUT2D eigenvalue weighted by molar-refractivity contribution is 7.10. The summed E-state index contributed by atoms with van der Waals surface area (Å²) in [5.74, 6) is 0.0820. The van der Waals surface area contributed by atoms with Crippen molar-refractivity contribution in [1.29, 1.82) is 0 Å². The van der Waals surface area contributed by atoms with Gasteiger partial charge in [0.1, 0.15) is 17.1 Å². The molecular weight excluding hydrogens is 274 g/mol. The maximum atomic E-state index is 10.8. The molecule has 2 aromatic rings. The van der Waals surface area contributed by atoms with Gasteiger partial charge in [0.05, 0.1) is 11.6 Å². The van der Waals surface area contributed by atoms with Gasteiger partial charge >= 0.3 is 5.97 Å². The number of nitrogens with one attached hydrogen (secondary N) is 1. The Morgan fingerprint density at radius 3 is 2.83 bits per heavy atom. The summed E-state index contributed by atoms with van der Waals surface area (Å²) in [6, 6.07) is 3.45. The largest absolute Gasteiger partial charge is 0.478 e. The highest BCUT2D eigenvalue weighted by atomic mass is 35.5. The zero-order valence-electron chi connectivity index (χ0n) is 9.70. The highest BCUT2D eigenvalue weighted by Crippen LogP contribution is 2.19. The van der Waals surface area contributed by atoms with E-state index < -0.39 is 5.97 Å². The molecule has 96 valence electrons. The van der Waals surface area contributed by atoms with Crippen LogP contribution >= 0.6 is 22.9 Å². The van der Waals surface area contributed by atoms with Crippen LogP contribution in [0.1, 0.15) is 26.8 Å². The Bertz CT molecular complexity index is 561. The summed E-state index contributed by atoms with van der Waals surface area (Å²) in [5, 5.41) is 14.7. The van der Waals surface area contributed by atoms with E-state index in [9.17, 15) is 4.79 Å².